The van der Waals surface area contributed by atoms with Gasteiger partial charge in [-0.1, -0.05) is 48.5 Å². The minimum Gasteiger partial charge on any atom is -0.454 e. The lowest BCUT2D eigenvalue weighted by Gasteiger charge is -2.01. The molecular weight excluding hydrogens is 317 g/mol. The lowest BCUT2D eigenvalue weighted by molar-refractivity contribution is 0.111. The van der Waals surface area contributed by atoms with Gasteiger partial charge < -0.3 is 4.42 Å². The second-order valence-electron chi connectivity index (χ2n) is 5.33. The van der Waals surface area contributed by atoms with Crippen molar-refractivity contribution < 1.29 is 22.4 Å². The summed E-state index contributed by atoms with van der Waals surface area (Å²) in [4.78, 5) is 11.1. The van der Waals surface area contributed by atoms with Gasteiger partial charge in [-0.05, 0) is 5.56 Å². The molecule has 0 fully saturated rings. The standard InChI is InChI=1S/C19H9F3O2/c20-15-13(9-23)19-14(16(21)17(15)22)12-8-4-7-11(18(12)24-19)10-5-2-1-3-6-10/h1-9H. The molecule has 1 aromatic heterocycles. The third-order valence-corrected chi connectivity index (χ3v) is 4.00. The average molecular weight is 326 g/mol. The van der Waals surface area contributed by atoms with E-state index in [0.29, 0.717) is 5.56 Å². The Balaban J connectivity index is 2.21. The molecule has 3 aromatic carbocycles. The summed E-state index contributed by atoms with van der Waals surface area (Å²) >= 11 is 0. The second kappa shape index (κ2) is 5.23. The Morgan fingerprint density at radius 2 is 1.54 bits per heavy atom. The van der Waals surface area contributed by atoms with Crippen molar-refractivity contribution in [3.05, 3.63) is 71.5 Å². The fourth-order valence-corrected chi connectivity index (χ4v) is 2.90. The molecular formula is C19H9F3O2. The van der Waals surface area contributed by atoms with E-state index >= 15 is 0 Å². The smallest absolute Gasteiger partial charge is 0.196 e. The van der Waals surface area contributed by atoms with E-state index in [1.165, 1.54) is 0 Å². The van der Waals surface area contributed by atoms with Gasteiger partial charge in [0.2, 0.25) is 0 Å². The van der Waals surface area contributed by atoms with Crippen LogP contribution in [0.2, 0.25) is 0 Å². The lowest BCUT2D eigenvalue weighted by atomic mass is 10.0. The van der Waals surface area contributed by atoms with Crippen molar-refractivity contribution in [1.82, 2.24) is 0 Å². The zero-order chi connectivity index (χ0) is 16.8. The van der Waals surface area contributed by atoms with Gasteiger partial charge in [-0.2, -0.15) is 0 Å². The normalized spacial score (nSPS) is 11.3. The zero-order valence-corrected chi connectivity index (χ0v) is 12.1. The molecule has 0 aliphatic carbocycles. The Bertz CT molecular complexity index is 1100. The van der Waals surface area contributed by atoms with Crippen molar-refractivity contribution in [3.8, 4) is 11.1 Å². The highest BCUT2D eigenvalue weighted by Gasteiger charge is 2.25. The molecule has 0 aliphatic heterocycles. The van der Waals surface area contributed by atoms with Crippen LogP contribution in [0.1, 0.15) is 10.4 Å². The molecule has 0 radical (unpaired) electrons. The molecule has 0 N–H and O–H groups in total. The molecule has 1 heterocycles. The number of carbonyl (C=O) groups excluding carboxylic acids is 1. The first-order valence-corrected chi connectivity index (χ1v) is 7.15. The molecule has 4 aromatic rings. The second-order valence-corrected chi connectivity index (χ2v) is 5.33. The van der Waals surface area contributed by atoms with E-state index in [-0.39, 0.29) is 28.2 Å². The van der Waals surface area contributed by atoms with Gasteiger partial charge in [0.15, 0.2) is 29.3 Å². The number of para-hydroxylation sites is 1. The molecule has 0 amide bonds. The number of hydrogen-bond donors (Lipinski definition) is 0. The predicted octanol–water partition coefficient (Wildman–Crippen LogP) is 5.48. The van der Waals surface area contributed by atoms with Crippen LogP contribution in [0, 0.1) is 17.5 Å². The summed E-state index contributed by atoms with van der Waals surface area (Å²) in [5, 5.41) is 0.0506. The molecule has 0 atom stereocenters. The van der Waals surface area contributed by atoms with Crippen molar-refractivity contribution in [2.24, 2.45) is 0 Å². The Labute approximate surface area is 134 Å². The molecule has 4 rings (SSSR count). The Hall–Kier alpha value is -3.08. The van der Waals surface area contributed by atoms with Gasteiger partial charge in [0, 0.05) is 10.9 Å². The van der Waals surface area contributed by atoms with Crippen LogP contribution in [0.15, 0.2) is 52.9 Å². The highest BCUT2D eigenvalue weighted by atomic mass is 19.2. The largest absolute Gasteiger partial charge is 0.454 e. The first-order valence-electron chi connectivity index (χ1n) is 7.15. The monoisotopic (exact) mass is 326 g/mol. The Morgan fingerprint density at radius 1 is 0.792 bits per heavy atom. The topological polar surface area (TPSA) is 30.2 Å². The summed E-state index contributed by atoms with van der Waals surface area (Å²) in [7, 11) is 0. The van der Waals surface area contributed by atoms with Gasteiger partial charge in [0.25, 0.3) is 0 Å². The number of fused-ring (bicyclic) bond motifs is 3. The van der Waals surface area contributed by atoms with Crippen molar-refractivity contribution in [3.63, 3.8) is 0 Å². The molecule has 0 bridgehead atoms. The van der Waals surface area contributed by atoms with Crippen molar-refractivity contribution in [1.29, 1.82) is 0 Å². The first-order chi connectivity index (χ1) is 11.6. The number of furan rings is 1. The fourth-order valence-electron chi connectivity index (χ4n) is 2.90. The quantitative estimate of drug-likeness (QED) is 0.360. The van der Waals surface area contributed by atoms with Crippen molar-refractivity contribution in [2.45, 2.75) is 0 Å². The van der Waals surface area contributed by atoms with Crippen LogP contribution in [0.25, 0.3) is 33.1 Å². The van der Waals surface area contributed by atoms with E-state index in [4.69, 9.17) is 4.42 Å². The van der Waals surface area contributed by atoms with E-state index in [9.17, 15) is 18.0 Å². The maximum Gasteiger partial charge on any atom is 0.196 e. The van der Waals surface area contributed by atoms with E-state index in [1.807, 2.05) is 30.3 Å². The predicted molar refractivity (Wildman–Crippen MR) is 84.4 cm³/mol. The summed E-state index contributed by atoms with van der Waals surface area (Å²) < 4.78 is 47.5. The number of benzene rings is 3. The van der Waals surface area contributed by atoms with Gasteiger partial charge in [-0.3, -0.25) is 4.79 Å². The summed E-state index contributed by atoms with van der Waals surface area (Å²) in [5.41, 5.74) is 0.794. The van der Waals surface area contributed by atoms with Crippen molar-refractivity contribution in [2.75, 3.05) is 0 Å². The van der Waals surface area contributed by atoms with Crippen molar-refractivity contribution >= 4 is 28.2 Å². The highest BCUT2D eigenvalue weighted by molar-refractivity contribution is 6.13. The van der Waals surface area contributed by atoms with Gasteiger partial charge in [0.05, 0.1) is 10.9 Å². The van der Waals surface area contributed by atoms with Crippen LogP contribution in [-0.2, 0) is 0 Å². The van der Waals surface area contributed by atoms with Gasteiger partial charge in [-0.25, -0.2) is 13.2 Å². The highest BCUT2D eigenvalue weighted by Crippen LogP contribution is 2.39. The molecule has 0 saturated carbocycles. The minimum absolute atomic E-state index is 0.130. The summed E-state index contributed by atoms with van der Waals surface area (Å²) in [5.74, 6) is -4.59. The maximum absolute atomic E-state index is 14.3. The third-order valence-electron chi connectivity index (χ3n) is 4.00. The van der Waals surface area contributed by atoms with E-state index in [1.54, 1.807) is 18.2 Å². The summed E-state index contributed by atoms with van der Waals surface area (Å²) in [6.07, 6.45) is 0.130. The Kier molecular flexibility index (Phi) is 3.16. The number of hydrogen-bond acceptors (Lipinski definition) is 2. The number of halogens is 3. The summed E-state index contributed by atoms with van der Waals surface area (Å²) in [6.45, 7) is 0. The Morgan fingerprint density at radius 3 is 2.25 bits per heavy atom. The van der Waals surface area contributed by atoms with Gasteiger partial charge in [-0.15, -0.1) is 0 Å². The fraction of sp³-hybridized carbons (Fsp3) is 0. The zero-order valence-electron chi connectivity index (χ0n) is 12.1. The van der Waals surface area contributed by atoms with Gasteiger partial charge in [0.1, 0.15) is 5.58 Å². The summed E-state index contributed by atoms with van der Waals surface area (Å²) in [6, 6.07) is 14.1. The maximum atomic E-state index is 14.3. The molecule has 0 spiro atoms. The first kappa shape index (κ1) is 14.5. The van der Waals surface area contributed by atoms with Crippen LogP contribution >= 0.6 is 0 Å². The van der Waals surface area contributed by atoms with E-state index < -0.39 is 23.0 Å². The number of aldehydes is 1. The molecule has 5 heteroatoms. The van der Waals surface area contributed by atoms with Crippen LogP contribution < -0.4 is 0 Å². The molecule has 2 nitrogen and oxygen atoms in total. The van der Waals surface area contributed by atoms with E-state index in [2.05, 4.69) is 0 Å². The molecule has 0 saturated heterocycles. The average Bonchev–Trinajstić information content (AvgIpc) is 3.00. The van der Waals surface area contributed by atoms with Crippen LogP contribution in [0.5, 0.6) is 0 Å². The molecule has 24 heavy (non-hydrogen) atoms. The lowest BCUT2D eigenvalue weighted by Crippen LogP contribution is -1.98. The third kappa shape index (κ3) is 1.88. The molecule has 0 unspecified atom stereocenters. The molecule has 0 aliphatic rings. The SMILES string of the molecule is O=Cc1c(F)c(F)c(F)c2c1oc1c(-c3ccccc3)cccc12. The van der Waals surface area contributed by atoms with Crippen LogP contribution in [0.4, 0.5) is 13.2 Å². The minimum atomic E-state index is -1.68. The number of rotatable bonds is 2. The van der Waals surface area contributed by atoms with Gasteiger partial charge >= 0.3 is 0 Å². The molecule has 118 valence electrons. The van der Waals surface area contributed by atoms with Crippen LogP contribution in [0.3, 0.4) is 0 Å². The van der Waals surface area contributed by atoms with Crippen LogP contribution in [-0.4, -0.2) is 6.29 Å². The van der Waals surface area contributed by atoms with E-state index in [0.717, 1.165) is 5.56 Å². The number of carbonyl (C=O) groups is 1.